The molecule has 0 saturated heterocycles. The average Bonchev–Trinajstić information content (AvgIpc) is 3.87. The summed E-state index contributed by atoms with van der Waals surface area (Å²) >= 11 is 1.88. The van der Waals surface area contributed by atoms with Crippen molar-refractivity contribution in [2.45, 2.75) is 6.92 Å². The normalized spacial score (nSPS) is 11.9. The van der Waals surface area contributed by atoms with Crippen LogP contribution in [-0.4, -0.2) is 0 Å². The predicted octanol–water partition coefficient (Wildman–Crippen LogP) is 15.3. The highest BCUT2D eigenvalue weighted by Gasteiger charge is 2.22. The molecule has 0 unspecified atom stereocenters. The average molecular weight is 695 g/mol. The Morgan fingerprint density at radius 1 is 0.509 bits per heavy atom. The van der Waals surface area contributed by atoms with Crippen molar-refractivity contribution in [3.8, 4) is 44.5 Å². The maximum Gasteiger partial charge on any atom is 0.0981 e. The fraction of sp³-hybridized carbons (Fsp3) is 0.0196. The first kappa shape index (κ1) is 31.3. The molecule has 250 valence electrons. The van der Waals surface area contributed by atoms with E-state index in [1.54, 1.807) is 6.26 Å². The van der Waals surface area contributed by atoms with Gasteiger partial charge >= 0.3 is 0 Å². The summed E-state index contributed by atoms with van der Waals surface area (Å²) in [5.74, 6) is 0. The van der Waals surface area contributed by atoms with Crippen LogP contribution in [-0.2, 0) is 0 Å². The van der Waals surface area contributed by atoms with Gasteiger partial charge in [0.1, 0.15) is 0 Å². The lowest BCUT2D eigenvalue weighted by Crippen LogP contribution is -1.96. The van der Waals surface area contributed by atoms with Crippen molar-refractivity contribution < 1.29 is 4.42 Å². The maximum atomic E-state index is 5.58. The van der Waals surface area contributed by atoms with E-state index in [2.05, 4.69) is 171 Å². The molecular weight excluding hydrogens is 661 g/mol. The Morgan fingerprint density at radius 2 is 1.11 bits per heavy atom. The molecule has 0 spiro atoms. The summed E-state index contributed by atoms with van der Waals surface area (Å²) in [7, 11) is 0. The summed E-state index contributed by atoms with van der Waals surface area (Å²) in [6, 6.07) is 53.2. The molecule has 0 saturated carbocycles. The largest absolute Gasteiger partial charge is 0.472 e. The lowest BCUT2D eigenvalue weighted by molar-refractivity contribution is 0.568. The van der Waals surface area contributed by atoms with E-state index in [4.69, 9.17) is 4.42 Å². The second kappa shape index (κ2) is 12.6. The molecule has 2 heteroatoms. The predicted molar refractivity (Wildman–Crippen MR) is 230 cm³/mol. The SMILES string of the molecule is C=C/C=C\c1c(C)c(-c2ccccc2)c2ccccc2c1-c1cccc2sc3cc(-c4c5ccccc5c(-c5ccoc5)c5ccccc45)ccc3c12. The Bertz CT molecular complexity index is 3010. The zero-order valence-electron chi connectivity index (χ0n) is 29.3. The van der Waals surface area contributed by atoms with Crippen LogP contribution in [0, 0.1) is 6.92 Å². The second-order valence-corrected chi connectivity index (χ2v) is 14.7. The Labute approximate surface area is 312 Å². The molecule has 0 aliphatic heterocycles. The highest BCUT2D eigenvalue weighted by atomic mass is 32.1. The Kier molecular flexibility index (Phi) is 7.45. The molecule has 8 aromatic carbocycles. The van der Waals surface area contributed by atoms with Crippen LogP contribution < -0.4 is 0 Å². The lowest BCUT2D eigenvalue weighted by atomic mass is 9.83. The van der Waals surface area contributed by atoms with E-state index in [9.17, 15) is 0 Å². The summed E-state index contributed by atoms with van der Waals surface area (Å²) in [5.41, 5.74) is 12.3. The van der Waals surface area contributed by atoms with E-state index >= 15 is 0 Å². The molecule has 0 atom stereocenters. The monoisotopic (exact) mass is 694 g/mol. The molecule has 10 aromatic rings. The van der Waals surface area contributed by atoms with Crippen LogP contribution in [0.15, 0.2) is 181 Å². The highest BCUT2D eigenvalue weighted by Crippen LogP contribution is 2.49. The second-order valence-electron chi connectivity index (χ2n) is 13.6. The van der Waals surface area contributed by atoms with Crippen molar-refractivity contribution in [2.24, 2.45) is 0 Å². The van der Waals surface area contributed by atoms with Crippen molar-refractivity contribution in [1.82, 2.24) is 0 Å². The number of benzene rings is 8. The van der Waals surface area contributed by atoms with Gasteiger partial charge in [-0.3, -0.25) is 0 Å². The molecule has 0 fully saturated rings. The minimum atomic E-state index is 1.10. The molecule has 0 aliphatic carbocycles. The van der Waals surface area contributed by atoms with Crippen LogP contribution in [0.25, 0.3) is 103 Å². The van der Waals surface area contributed by atoms with E-state index in [1.807, 2.05) is 23.7 Å². The van der Waals surface area contributed by atoms with Gasteiger partial charge in [-0.1, -0.05) is 152 Å². The molecule has 2 aromatic heterocycles. The molecule has 0 N–H and O–H groups in total. The molecule has 1 nitrogen and oxygen atoms in total. The molecule has 10 rings (SSSR count). The number of rotatable bonds is 6. The molecular formula is C51H34OS. The topological polar surface area (TPSA) is 13.1 Å². The molecule has 0 amide bonds. The maximum absolute atomic E-state index is 5.58. The molecule has 53 heavy (non-hydrogen) atoms. The van der Waals surface area contributed by atoms with Crippen molar-refractivity contribution >= 4 is 69.9 Å². The zero-order chi connectivity index (χ0) is 35.5. The third kappa shape index (κ3) is 4.91. The number of allylic oxidation sites excluding steroid dienone is 2. The Balaban J connectivity index is 1.25. The quantitative estimate of drug-likeness (QED) is 0.125. The van der Waals surface area contributed by atoms with Gasteiger partial charge in [0, 0.05) is 31.3 Å². The Morgan fingerprint density at radius 3 is 1.74 bits per heavy atom. The number of thiophene rings is 1. The van der Waals surface area contributed by atoms with Gasteiger partial charge in [-0.25, -0.2) is 0 Å². The van der Waals surface area contributed by atoms with Crippen molar-refractivity contribution in [2.75, 3.05) is 0 Å². The van der Waals surface area contributed by atoms with E-state index < -0.39 is 0 Å². The summed E-state index contributed by atoms with van der Waals surface area (Å²) in [5, 5.41) is 10.0. The third-order valence-corrected chi connectivity index (χ3v) is 11.9. The van der Waals surface area contributed by atoms with Crippen LogP contribution in [0.3, 0.4) is 0 Å². The summed E-state index contributed by atoms with van der Waals surface area (Å²) in [4.78, 5) is 0. The van der Waals surface area contributed by atoms with Gasteiger partial charge in [0.05, 0.1) is 12.5 Å². The third-order valence-electron chi connectivity index (χ3n) is 10.8. The first-order valence-corrected chi connectivity index (χ1v) is 18.8. The zero-order valence-corrected chi connectivity index (χ0v) is 30.1. The first-order chi connectivity index (χ1) is 26.2. The van der Waals surface area contributed by atoms with Crippen LogP contribution >= 0.6 is 11.3 Å². The van der Waals surface area contributed by atoms with Gasteiger partial charge in [-0.2, -0.15) is 0 Å². The van der Waals surface area contributed by atoms with Crippen molar-refractivity contribution in [3.05, 3.63) is 188 Å². The number of hydrogen-bond acceptors (Lipinski definition) is 2. The van der Waals surface area contributed by atoms with E-state index in [-0.39, 0.29) is 0 Å². The fourth-order valence-electron chi connectivity index (χ4n) is 8.57. The van der Waals surface area contributed by atoms with Gasteiger partial charge < -0.3 is 4.42 Å². The minimum absolute atomic E-state index is 1.10. The van der Waals surface area contributed by atoms with Crippen LogP contribution in [0.2, 0.25) is 0 Å². The summed E-state index contributed by atoms with van der Waals surface area (Å²) in [6.07, 6.45) is 9.80. The minimum Gasteiger partial charge on any atom is -0.472 e. The Hall–Kier alpha value is -6.48. The summed E-state index contributed by atoms with van der Waals surface area (Å²) in [6.45, 7) is 6.30. The van der Waals surface area contributed by atoms with Gasteiger partial charge in [-0.15, -0.1) is 11.3 Å². The summed E-state index contributed by atoms with van der Waals surface area (Å²) < 4.78 is 8.14. The number of hydrogen-bond donors (Lipinski definition) is 0. The molecule has 0 radical (unpaired) electrons. The highest BCUT2D eigenvalue weighted by molar-refractivity contribution is 7.26. The van der Waals surface area contributed by atoms with Gasteiger partial charge in [0.15, 0.2) is 0 Å². The van der Waals surface area contributed by atoms with Gasteiger partial charge in [-0.05, 0) is 102 Å². The lowest BCUT2D eigenvalue weighted by Gasteiger charge is -2.20. The molecule has 0 aliphatic rings. The first-order valence-electron chi connectivity index (χ1n) is 18.0. The van der Waals surface area contributed by atoms with Gasteiger partial charge in [0.25, 0.3) is 0 Å². The standard InChI is InChI=1S/C51H34OS/c1-3-4-17-36-32(2)47(33-15-6-5-7-16-33)37-18-8-13-23-42(37)50(36)44-24-14-25-45-51(44)43-27-26-34(30-46(43)53-45)48-38-19-9-11-21-40(38)49(35-28-29-52-31-35)41-22-12-10-20-39(41)48/h3-31H,1H2,2H3/b17-4-. The van der Waals surface area contributed by atoms with E-state index in [0.29, 0.717) is 0 Å². The van der Waals surface area contributed by atoms with Crippen LogP contribution in [0.1, 0.15) is 11.1 Å². The van der Waals surface area contributed by atoms with Crippen molar-refractivity contribution in [1.29, 1.82) is 0 Å². The number of fused-ring (bicyclic) bond motifs is 6. The van der Waals surface area contributed by atoms with Crippen LogP contribution in [0.4, 0.5) is 0 Å². The van der Waals surface area contributed by atoms with Crippen LogP contribution in [0.5, 0.6) is 0 Å². The fourth-order valence-corrected chi connectivity index (χ4v) is 9.75. The van der Waals surface area contributed by atoms with E-state index in [1.165, 1.54) is 103 Å². The number of furan rings is 1. The van der Waals surface area contributed by atoms with Crippen molar-refractivity contribution in [3.63, 3.8) is 0 Å². The van der Waals surface area contributed by atoms with E-state index in [0.717, 1.165) is 5.56 Å². The molecule has 0 bridgehead atoms. The smallest absolute Gasteiger partial charge is 0.0981 e. The molecule has 2 heterocycles. The van der Waals surface area contributed by atoms with Gasteiger partial charge in [0.2, 0.25) is 0 Å².